The van der Waals surface area contributed by atoms with E-state index in [1.165, 1.54) is 0 Å². The van der Waals surface area contributed by atoms with Gasteiger partial charge in [-0.2, -0.15) is 0 Å². The van der Waals surface area contributed by atoms with Gasteiger partial charge in [0.1, 0.15) is 30.0 Å². The first-order valence-electron chi connectivity index (χ1n) is 7.85. The lowest BCUT2D eigenvalue weighted by Gasteiger charge is -2.14. The predicted molar refractivity (Wildman–Crippen MR) is 87.6 cm³/mol. The van der Waals surface area contributed by atoms with Gasteiger partial charge < -0.3 is 9.47 Å². The van der Waals surface area contributed by atoms with Crippen molar-refractivity contribution in [2.75, 3.05) is 6.61 Å². The molecule has 0 fully saturated rings. The Labute approximate surface area is 131 Å². The van der Waals surface area contributed by atoms with Gasteiger partial charge in [0.15, 0.2) is 0 Å². The van der Waals surface area contributed by atoms with Crippen LogP contribution in [-0.2, 0) is 6.42 Å². The van der Waals surface area contributed by atoms with Crippen molar-refractivity contribution in [3.63, 3.8) is 0 Å². The van der Waals surface area contributed by atoms with Crippen LogP contribution in [0.15, 0.2) is 48.5 Å². The van der Waals surface area contributed by atoms with E-state index < -0.39 is 6.17 Å². The van der Waals surface area contributed by atoms with Gasteiger partial charge in [-0.1, -0.05) is 38.5 Å². The summed E-state index contributed by atoms with van der Waals surface area (Å²) in [5.74, 6) is 2.32. The molecule has 2 aromatic rings. The van der Waals surface area contributed by atoms with Crippen LogP contribution < -0.4 is 9.47 Å². The summed E-state index contributed by atoms with van der Waals surface area (Å²) in [6, 6.07) is 15.4. The van der Waals surface area contributed by atoms with Gasteiger partial charge >= 0.3 is 0 Å². The number of rotatable bonds is 8. The molecule has 2 rings (SSSR count). The van der Waals surface area contributed by atoms with Gasteiger partial charge in [0.25, 0.3) is 0 Å². The SMILES string of the molecule is CCCc1cc(Oc2ccccc2)ccc1OCC(F)CC. The Morgan fingerprint density at radius 2 is 1.77 bits per heavy atom. The van der Waals surface area contributed by atoms with E-state index in [0.717, 1.165) is 35.7 Å². The third-order valence-electron chi connectivity index (χ3n) is 3.39. The molecule has 0 amide bonds. The standard InChI is InChI=1S/C19H23FO2/c1-3-8-15-13-18(22-17-9-6-5-7-10-17)11-12-19(15)21-14-16(20)4-2/h5-7,9-13,16H,3-4,8,14H2,1-2H3. The Morgan fingerprint density at radius 1 is 1.00 bits per heavy atom. The van der Waals surface area contributed by atoms with Gasteiger partial charge in [0.2, 0.25) is 0 Å². The number of benzene rings is 2. The van der Waals surface area contributed by atoms with Gasteiger partial charge in [-0.05, 0) is 48.7 Å². The van der Waals surface area contributed by atoms with Crippen LogP contribution in [0.3, 0.4) is 0 Å². The maximum atomic E-state index is 13.4. The highest BCUT2D eigenvalue weighted by Gasteiger charge is 2.09. The zero-order valence-electron chi connectivity index (χ0n) is 13.2. The lowest BCUT2D eigenvalue weighted by Crippen LogP contribution is -2.12. The van der Waals surface area contributed by atoms with Crippen LogP contribution in [0.5, 0.6) is 17.2 Å². The van der Waals surface area contributed by atoms with Crippen molar-refractivity contribution in [1.82, 2.24) is 0 Å². The number of alkyl halides is 1. The zero-order chi connectivity index (χ0) is 15.8. The molecule has 0 N–H and O–H groups in total. The summed E-state index contributed by atoms with van der Waals surface area (Å²) >= 11 is 0. The highest BCUT2D eigenvalue weighted by molar-refractivity contribution is 5.42. The van der Waals surface area contributed by atoms with Crippen LogP contribution >= 0.6 is 0 Å². The number of para-hydroxylation sites is 1. The minimum atomic E-state index is -0.922. The van der Waals surface area contributed by atoms with Crippen molar-refractivity contribution in [2.45, 2.75) is 39.3 Å². The van der Waals surface area contributed by atoms with E-state index in [4.69, 9.17) is 9.47 Å². The number of hydrogen-bond donors (Lipinski definition) is 0. The van der Waals surface area contributed by atoms with Gasteiger partial charge in [-0.3, -0.25) is 0 Å². The molecule has 118 valence electrons. The second-order valence-electron chi connectivity index (χ2n) is 5.25. The Bertz CT molecular complexity index is 569. The van der Waals surface area contributed by atoms with E-state index in [1.807, 2.05) is 55.5 Å². The Kier molecular flexibility index (Phi) is 6.26. The third-order valence-corrected chi connectivity index (χ3v) is 3.39. The van der Waals surface area contributed by atoms with Gasteiger partial charge in [0, 0.05) is 0 Å². The fraction of sp³-hybridized carbons (Fsp3) is 0.368. The Morgan fingerprint density at radius 3 is 2.45 bits per heavy atom. The summed E-state index contributed by atoms with van der Waals surface area (Å²) < 4.78 is 24.8. The molecule has 2 nitrogen and oxygen atoms in total. The molecule has 0 aromatic heterocycles. The lowest BCUT2D eigenvalue weighted by molar-refractivity contribution is 0.190. The van der Waals surface area contributed by atoms with Crippen molar-refractivity contribution in [3.8, 4) is 17.2 Å². The van der Waals surface area contributed by atoms with Crippen molar-refractivity contribution in [1.29, 1.82) is 0 Å². The molecule has 0 aliphatic heterocycles. The minimum absolute atomic E-state index is 0.103. The zero-order valence-corrected chi connectivity index (χ0v) is 13.2. The van der Waals surface area contributed by atoms with Crippen LogP contribution in [0, 0.1) is 0 Å². The van der Waals surface area contributed by atoms with Crippen LogP contribution in [0.1, 0.15) is 32.3 Å². The Balaban J connectivity index is 2.12. The second kappa shape index (κ2) is 8.42. The Hall–Kier alpha value is -2.03. The average Bonchev–Trinajstić information content (AvgIpc) is 2.55. The fourth-order valence-electron chi connectivity index (χ4n) is 2.15. The summed E-state index contributed by atoms with van der Waals surface area (Å²) in [5, 5.41) is 0. The van der Waals surface area contributed by atoms with E-state index in [0.29, 0.717) is 6.42 Å². The molecule has 0 saturated heterocycles. The molecule has 22 heavy (non-hydrogen) atoms. The van der Waals surface area contributed by atoms with E-state index in [2.05, 4.69) is 6.92 Å². The van der Waals surface area contributed by atoms with E-state index in [9.17, 15) is 4.39 Å². The van der Waals surface area contributed by atoms with Crippen LogP contribution in [0.4, 0.5) is 4.39 Å². The fourth-order valence-corrected chi connectivity index (χ4v) is 2.15. The molecule has 1 unspecified atom stereocenters. The molecule has 1 atom stereocenters. The van der Waals surface area contributed by atoms with Crippen LogP contribution in [0.25, 0.3) is 0 Å². The molecule has 0 saturated carbocycles. The molecule has 0 radical (unpaired) electrons. The van der Waals surface area contributed by atoms with Crippen molar-refractivity contribution < 1.29 is 13.9 Å². The van der Waals surface area contributed by atoms with Crippen molar-refractivity contribution in [2.24, 2.45) is 0 Å². The molecular weight excluding hydrogens is 279 g/mol. The maximum absolute atomic E-state index is 13.4. The summed E-state index contributed by atoms with van der Waals surface area (Å²) in [7, 11) is 0. The normalized spacial score (nSPS) is 12.0. The number of aryl methyl sites for hydroxylation is 1. The smallest absolute Gasteiger partial charge is 0.134 e. The van der Waals surface area contributed by atoms with E-state index in [-0.39, 0.29) is 6.61 Å². The predicted octanol–water partition coefficient (Wildman–Crippen LogP) is 5.56. The van der Waals surface area contributed by atoms with Crippen molar-refractivity contribution >= 4 is 0 Å². The third kappa shape index (κ3) is 4.76. The number of halogens is 1. The first kappa shape index (κ1) is 16.3. The van der Waals surface area contributed by atoms with Gasteiger partial charge in [-0.25, -0.2) is 4.39 Å². The molecule has 2 aromatic carbocycles. The number of hydrogen-bond acceptors (Lipinski definition) is 2. The number of ether oxygens (including phenoxy) is 2. The monoisotopic (exact) mass is 302 g/mol. The summed E-state index contributed by atoms with van der Waals surface area (Å²) in [6.07, 6.45) is 1.43. The van der Waals surface area contributed by atoms with Gasteiger partial charge in [-0.15, -0.1) is 0 Å². The summed E-state index contributed by atoms with van der Waals surface area (Å²) in [6.45, 7) is 4.03. The average molecular weight is 302 g/mol. The maximum Gasteiger partial charge on any atom is 0.134 e. The topological polar surface area (TPSA) is 18.5 Å². The lowest BCUT2D eigenvalue weighted by atomic mass is 10.1. The molecule has 0 bridgehead atoms. The molecule has 3 heteroatoms. The summed E-state index contributed by atoms with van der Waals surface area (Å²) in [5.41, 5.74) is 1.05. The molecule has 0 aliphatic carbocycles. The van der Waals surface area contributed by atoms with Crippen LogP contribution in [0.2, 0.25) is 0 Å². The van der Waals surface area contributed by atoms with Crippen molar-refractivity contribution in [3.05, 3.63) is 54.1 Å². The second-order valence-corrected chi connectivity index (χ2v) is 5.25. The first-order valence-corrected chi connectivity index (χ1v) is 7.85. The van der Waals surface area contributed by atoms with E-state index >= 15 is 0 Å². The first-order chi connectivity index (χ1) is 10.7. The van der Waals surface area contributed by atoms with Gasteiger partial charge in [0.05, 0.1) is 0 Å². The molecule has 0 spiro atoms. The van der Waals surface area contributed by atoms with Crippen LogP contribution in [-0.4, -0.2) is 12.8 Å². The highest BCUT2D eigenvalue weighted by Crippen LogP contribution is 2.29. The van der Waals surface area contributed by atoms with E-state index in [1.54, 1.807) is 0 Å². The quantitative estimate of drug-likeness (QED) is 0.635. The minimum Gasteiger partial charge on any atom is -0.490 e. The molecule has 0 aliphatic rings. The summed E-state index contributed by atoms with van der Waals surface area (Å²) in [4.78, 5) is 0. The largest absolute Gasteiger partial charge is 0.490 e. The highest BCUT2D eigenvalue weighted by atomic mass is 19.1. The molecular formula is C19H23FO2. The molecule has 0 heterocycles.